The van der Waals surface area contributed by atoms with Gasteiger partial charge >= 0.3 is 6.09 Å². The fraction of sp³-hybridized carbons (Fsp3) is 0.522. The maximum atomic E-state index is 14.5. The number of morpholine rings is 1. The molecule has 2 saturated heterocycles. The number of carboxylic acid groups (broad SMARTS) is 1. The van der Waals surface area contributed by atoms with Crippen molar-refractivity contribution in [3.05, 3.63) is 41.2 Å². The van der Waals surface area contributed by atoms with E-state index in [9.17, 15) is 14.0 Å². The number of benzene rings is 1. The quantitative estimate of drug-likeness (QED) is 0.658. The fourth-order valence-electron chi connectivity index (χ4n) is 4.48. The molecule has 2 fully saturated rings. The number of anilines is 2. The Bertz CT molecular complexity index is 1010. The van der Waals surface area contributed by atoms with E-state index in [1.165, 1.54) is 17.4 Å². The van der Waals surface area contributed by atoms with E-state index in [0.717, 1.165) is 44.6 Å². The van der Waals surface area contributed by atoms with E-state index >= 15 is 0 Å². The molecule has 2 N–H and O–H groups in total. The van der Waals surface area contributed by atoms with Gasteiger partial charge in [-0.05, 0) is 30.9 Å². The molecule has 0 saturated carbocycles. The van der Waals surface area contributed by atoms with Gasteiger partial charge in [0.1, 0.15) is 11.9 Å². The van der Waals surface area contributed by atoms with Crippen LogP contribution in [0.3, 0.4) is 0 Å². The molecule has 1 aromatic heterocycles. The molecule has 1 unspecified atom stereocenters. The zero-order chi connectivity index (χ0) is 23.6. The number of nitrogens with one attached hydrogen (secondary N) is 1. The van der Waals surface area contributed by atoms with Crippen molar-refractivity contribution in [1.29, 1.82) is 0 Å². The van der Waals surface area contributed by atoms with Crippen LogP contribution >= 0.6 is 11.3 Å². The van der Waals surface area contributed by atoms with Crippen LogP contribution in [-0.2, 0) is 16.0 Å². The SMILES string of the molecule is CC(C)C1OC2(CCN(CCc3csc(NC(=O)O)n3)CC2)CN(c2ccccc2F)C1=O. The highest BCUT2D eigenvalue weighted by atomic mass is 32.1. The summed E-state index contributed by atoms with van der Waals surface area (Å²) in [5.41, 5.74) is 0.669. The predicted molar refractivity (Wildman–Crippen MR) is 124 cm³/mol. The van der Waals surface area contributed by atoms with Crippen molar-refractivity contribution in [2.75, 3.05) is 36.4 Å². The van der Waals surface area contributed by atoms with Gasteiger partial charge in [-0.25, -0.2) is 14.2 Å². The Morgan fingerprint density at radius 2 is 2.09 bits per heavy atom. The predicted octanol–water partition coefficient (Wildman–Crippen LogP) is 3.84. The van der Waals surface area contributed by atoms with Crippen molar-refractivity contribution in [2.24, 2.45) is 5.92 Å². The number of thiazole rings is 1. The lowest BCUT2D eigenvalue weighted by Crippen LogP contribution is -2.63. The average Bonchev–Trinajstić information content (AvgIpc) is 3.22. The van der Waals surface area contributed by atoms with E-state index in [2.05, 4.69) is 15.2 Å². The summed E-state index contributed by atoms with van der Waals surface area (Å²) in [5.74, 6) is -0.597. The third-order valence-electron chi connectivity index (χ3n) is 6.30. The maximum absolute atomic E-state index is 14.5. The van der Waals surface area contributed by atoms with E-state index < -0.39 is 23.6 Å². The number of aromatic nitrogens is 1. The van der Waals surface area contributed by atoms with Crippen LogP contribution in [0.1, 0.15) is 32.4 Å². The number of rotatable bonds is 6. The van der Waals surface area contributed by atoms with Gasteiger partial charge in [-0.15, -0.1) is 11.3 Å². The molecule has 2 aromatic rings. The van der Waals surface area contributed by atoms with Crippen molar-refractivity contribution in [2.45, 2.75) is 44.8 Å². The molecule has 0 bridgehead atoms. The van der Waals surface area contributed by atoms with Gasteiger partial charge in [-0.1, -0.05) is 26.0 Å². The molecule has 2 aliphatic heterocycles. The number of hydrogen-bond acceptors (Lipinski definition) is 6. The van der Waals surface area contributed by atoms with Crippen LogP contribution < -0.4 is 10.2 Å². The summed E-state index contributed by atoms with van der Waals surface area (Å²) in [6.07, 6.45) is 0.502. The highest BCUT2D eigenvalue weighted by Crippen LogP contribution is 2.37. The molecular formula is C23H29FN4O4S. The number of hydrogen-bond donors (Lipinski definition) is 2. The zero-order valence-corrected chi connectivity index (χ0v) is 19.6. The van der Waals surface area contributed by atoms with Crippen molar-refractivity contribution in [3.8, 4) is 0 Å². The molecule has 1 atom stereocenters. The van der Waals surface area contributed by atoms with Crippen LogP contribution in [0.25, 0.3) is 0 Å². The van der Waals surface area contributed by atoms with E-state index in [1.54, 1.807) is 23.1 Å². The molecule has 0 aliphatic carbocycles. The smallest absolute Gasteiger partial charge is 0.410 e. The molecule has 2 aliphatic rings. The standard InChI is InChI=1S/C23H29FN4O4S/c1-15(2)19-20(29)28(18-6-4-3-5-17(18)24)14-23(32-19)8-11-27(12-9-23)10-7-16-13-33-21(25-16)26-22(30)31/h3-6,13,15,19H,7-12,14H2,1-2H3,(H,25,26)(H,30,31). The molecule has 178 valence electrons. The van der Waals surface area contributed by atoms with Crippen molar-refractivity contribution >= 4 is 34.2 Å². The highest BCUT2D eigenvalue weighted by Gasteiger charge is 2.48. The number of ether oxygens (including phenoxy) is 1. The first kappa shape index (κ1) is 23.6. The molecule has 0 radical (unpaired) electrons. The first-order valence-electron chi connectivity index (χ1n) is 11.2. The van der Waals surface area contributed by atoms with Crippen molar-refractivity contribution in [3.63, 3.8) is 0 Å². The van der Waals surface area contributed by atoms with Gasteiger partial charge in [0, 0.05) is 31.4 Å². The second-order valence-electron chi connectivity index (χ2n) is 9.01. The number of likely N-dealkylation sites (tertiary alicyclic amines) is 1. The molecule has 33 heavy (non-hydrogen) atoms. The second kappa shape index (κ2) is 9.74. The molecule has 1 aromatic carbocycles. The molecule has 8 nitrogen and oxygen atoms in total. The number of carbonyl (C=O) groups excluding carboxylic acids is 1. The first-order valence-corrected chi connectivity index (χ1v) is 12.0. The number of piperidine rings is 1. The summed E-state index contributed by atoms with van der Waals surface area (Å²) >= 11 is 1.27. The molecule has 1 spiro atoms. The zero-order valence-electron chi connectivity index (χ0n) is 18.8. The number of para-hydroxylation sites is 1. The summed E-state index contributed by atoms with van der Waals surface area (Å²) in [5, 5.41) is 13.3. The fourth-order valence-corrected chi connectivity index (χ4v) is 5.21. The Morgan fingerprint density at radius 1 is 1.36 bits per heavy atom. The topological polar surface area (TPSA) is 95.0 Å². The Kier molecular flexibility index (Phi) is 6.96. The largest absolute Gasteiger partial charge is 0.465 e. The van der Waals surface area contributed by atoms with E-state index in [4.69, 9.17) is 9.84 Å². The normalized spacial score (nSPS) is 21.0. The third kappa shape index (κ3) is 5.34. The summed E-state index contributed by atoms with van der Waals surface area (Å²) in [7, 11) is 0. The Hall–Kier alpha value is -2.56. The Morgan fingerprint density at radius 3 is 2.76 bits per heavy atom. The summed E-state index contributed by atoms with van der Waals surface area (Å²) in [6, 6.07) is 6.41. The lowest BCUT2D eigenvalue weighted by molar-refractivity contribution is -0.171. The third-order valence-corrected chi connectivity index (χ3v) is 7.11. The molecule has 10 heteroatoms. The van der Waals surface area contributed by atoms with Gasteiger partial charge in [0.15, 0.2) is 5.13 Å². The number of nitrogens with zero attached hydrogens (tertiary/aromatic N) is 3. The van der Waals surface area contributed by atoms with Crippen molar-refractivity contribution in [1.82, 2.24) is 9.88 Å². The minimum atomic E-state index is -1.12. The molecule has 4 rings (SSSR count). The van der Waals surface area contributed by atoms with Crippen LogP contribution in [-0.4, -0.2) is 64.9 Å². The van der Waals surface area contributed by atoms with Crippen LogP contribution in [0.5, 0.6) is 0 Å². The van der Waals surface area contributed by atoms with E-state index in [-0.39, 0.29) is 11.8 Å². The molecule has 2 amide bonds. The van der Waals surface area contributed by atoms with Gasteiger partial charge in [0.05, 0.1) is 23.5 Å². The van der Waals surface area contributed by atoms with Gasteiger partial charge in [0.2, 0.25) is 0 Å². The van der Waals surface area contributed by atoms with Crippen LogP contribution in [0.2, 0.25) is 0 Å². The number of amides is 2. The molecular weight excluding hydrogens is 447 g/mol. The Balaban J connectivity index is 1.40. The minimum absolute atomic E-state index is 0.0137. The summed E-state index contributed by atoms with van der Waals surface area (Å²) < 4.78 is 21.0. The molecule has 3 heterocycles. The average molecular weight is 477 g/mol. The highest BCUT2D eigenvalue weighted by molar-refractivity contribution is 7.13. The van der Waals surface area contributed by atoms with Crippen LogP contribution in [0, 0.1) is 11.7 Å². The summed E-state index contributed by atoms with van der Waals surface area (Å²) in [4.78, 5) is 32.1. The van der Waals surface area contributed by atoms with Crippen molar-refractivity contribution < 1.29 is 23.8 Å². The first-order chi connectivity index (χ1) is 15.8. The van der Waals surface area contributed by atoms with Gasteiger partial charge in [-0.3, -0.25) is 10.1 Å². The monoisotopic (exact) mass is 476 g/mol. The lowest BCUT2D eigenvalue weighted by atomic mass is 9.86. The van der Waals surface area contributed by atoms with Crippen LogP contribution in [0.15, 0.2) is 29.6 Å². The minimum Gasteiger partial charge on any atom is -0.465 e. The number of halogens is 1. The maximum Gasteiger partial charge on any atom is 0.410 e. The van der Waals surface area contributed by atoms with Crippen LogP contribution in [0.4, 0.5) is 20.0 Å². The summed E-state index contributed by atoms with van der Waals surface area (Å²) in [6.45, 7) is 6.66. The second-order valence-corrected chi connectivity index (χ2v) is 9.87. The van der Waals surface area contributed by atoms with Gasteiger partial charge in [0.25, 0.3) is 5.91 Å². The lowest BCUT2D eigenvalue weighted by Gasteiger charge is -2.50. The van der Waals surface area contributed by atoms with E-state index in [1.807, 2.05) is 19.2 Å². The van der Waals surface area contributed by atoms with Gasteiger partial charge < -0.3 is 19.6 Å². The number of carbonyl (C=O) groups is 2. The Labute approximate surface area is 196 Å². The van der Waals surface area contributed by atoms with Gasteiger partial charge in [-0.2, -0.15) is 0 Å². The van der Waals surface area contributed by atoms with E-state index in [0.29, 0.717) is 17.4 Å².